The molecule has 8 heteroatoms. The minimum Gasteiger partial charge on any atom is -0.351 e. The zero-order chi connectivity index (χ0) is 18.6. The Morgan fingerprint density at radius 2 is 1.92 bits per heavy atom. The van der Waals surface area contributed by atoms with Crippen molar-refractivity contribution < 1.29 is 9.59 Å². The largest absolute Gasteiger partial charge is 0.351 e. The number of hydrogen-bond acceptors (Lipinski definition) is 4. The van der Waals surface area contributed by atoms with E-state index in [-0.39, 0.29) is 0 Å². The number of rotatable bonds is 6. The van der Waals surface area contributed by atoms with Crippen molar-refractivity contribution in [3.05, 3.63) is 34.9 Å². The molecular weight excluding hydrogens is 404 g/mol. The molecule has 3 N–H and O–H groups in total. The van der Waals surface area contributed by atoms with Gasteiger partial charge in [-0.15, -0.1) is 0 Å². The van der Waals surface area contributed by atoms with E-state index in [1.807, 2.05) is 30.5 Å². The minimum atomic E-state index is -0.849. The van der Waals surface area contributed by atoms with Gasteiger partial charge in [0.15, 0.2) is 5.16 Å². The molecule has 1 aromatic carbocycles. The molecule has 1 unspecified atom stereocenters. The molecule has 0 saturated carbocycles. The van der Waals surface area contributed by atoms with E-state index >= 15 is 0 Å². The predicted octanol–water partition coefficient (Wildman–Crippen LogP) is 3.64. The van der Waals surface area contributed by atoms with Gasteiger partial charge in [-0.25, -0.2) is 9.78 Å². The SMILES string of the molecule is CC(C)Cn1c(-c2ccc(Br)cc2)cnc1SC(C)C(=O)NC(N)=O. The summed E-state index contributed by atoms with van der Waals surface area (Å²) in [5, 5.41) is 2.35. The van der Waals surface area contributed by atoms with Crippen molar-refractivity contribution in [1.29, 1.82) is 0 Å². The highest BCUT2D eigenvalue weighted by molar-refractivity contribution is 9.10. The highest BCUT2D eigenvalue weighted by Crippen LogP contribution is 2.30. The molecule has 2 aromatic rings. The van der Waals surface area contributed by atoms with E-state index < -0.39 is 17.2 Å². The summed E-state index contributed by atoms with van der Waals surface area (Å²) >= 11 is 4.75. The molecule has 3 amide bonds. The molecule has 0 fully saturated rings. The number of primary amides is 1. The molecule has 2 rings (SSSR count). The van der Waals surface area contributed by atoms with Crippen LogP contribution in [0.2, 0.25) is 0 Å². The van der Waals surface area contributed by atoms with E-state index in [1.165, 1.54) is 11.8 Å². The lowest BCUT2D eigenvalue weighted by Crippen LogP contribution is -2.39. The number of benzene rings is 1. The summed E-state index contributed by atoms with van der Waals surface area (Å²) in [5.41, 5.74) is 7.05. The Kier molecular flexibility index (Phi) is 6.66. The standard InChI is InChI=1S/C17H21BrN4O2S/c1-10(2)9-22-14(12-4-6-13(18)7-5-12)8-20-17(22)25-11(3)15(23)21-16(19)24/h4-8,10-11H,9H2,1-3H3,(H3,19,21,23,24). The van der Waals surface area contributed by atoms with Crippen molar-refractivity contribution in [3.8, 4) is 11.3 Å². The molecule has 1 atom stereocenters. The summed E-state index contributed by atoms with van der Waals surface area (Å²) < 4.78 is 3.12. The third-order valence-electron chi connectivity index (χ3n) is 3.40. The van der Waals surface area contributed by atoms with E-state index in [1.54, 1.807) is 6.92 Å². The third-order valence-corrected chi connectivity index (χ3v) is 5.04. The van der Waals surface area contributed by atoms with Gasteiger partial charge in [0.25, 0.3) is 0 Å². The molecule has 6 nitrogen and oxygen atoms in total. The Balaban J connectivity index is 2.30. The average molecular weight is 425 g/mol. The smallest absolute Gasteiger partial charge is 0.318 e. The maximum absolute atomic E-state index is 11.9. The third kappa shape index (κ3) is 5.34. The number of nitrogens with one attached hydrogen (secondary N) is 1. The zero-order valence-corrected chi connectivity index (χ0v) is 16.7. The number of imidazole rings is 1. The highest BCUT2D eigenvalue weighted by atomic mass is 79.9. The quantitative estimate of drug-likeness (QED) is 0.692. The van der Waals surface area contributed by atoms with Gasteiger partial charge in [0.2, 0.25) is 5.91 Å². The number of nitrogens with zero attached hydrogens (tertiary/aromatic N) is 2. The topological polar surface area (TPSA) is 90.0 Å². The van der Waals surface area contributed by atoms with Crippen LogP contribution in [0.5, 0.6) is 0 Å². The predicted molar refractivity (Wildman–Crippen MR) is 103 cm³/mol. The van der Waals surface area contributed by atoms with Crippen molar-refractivity contribution in [1.82, 2.24) is 14.9 Å². The number of nitrogens with two attached hydrogens (primary N) is 1. The summed E-state index contributed by atoms with van der Waals surface area (Å²) in [6, 6.07) is 7.17. The van der Waals surface area contributed by atoms with Crippen LogP contribution in [0.15, 0.2) is 40.1 Å². The van der Waals surface area contributed by atoms with Crippen molar-refractivity contribution in [3.63, 3.8) is 0 Å². The molecule has 0 aliphatic heterocycles. The summed E-state index contributed by atoms with van der Waals surface area (Å²) in [6.07, 6.45) is 1.81. The molecule has 0 aliphatic rings. The lowest BCUT2D eigenvalue weighted by molar-refractivity contribution is -0.119. The lowest BCUT2D eigenvalue weighted by atomic mass is 10.1. The fourth-order valence-corrected chi connectivity index (χ4v) is 3.44. The monoisotopic (exact) mass is 424 g/mol. The number of hydrogen-bond donors (Lipinski definition) is 2. The molecule has 1 aromatic heterocycles. The first kappa shape index (κ1) is 19.5. The summed E-state index contributed by atoms with van der Waals surface area (Å²) in [6.45, 7) is 6.75. The Hall–Kier alpha value is -1.80. The first-order valence-electron chi connectivity index (χ1n) is 7.86. The van der Waals surface area contributed by atoms with Crippen LogP contribution >= 0.6 is 27.7 Å². The second-order valence-electron chi connectivity index (χ2n) is 6.05. The number of thioether (sulfide) groups is 1. The fourth-order valence-electron chi connectivity index (χ4n) is 2.28. The van der Waals surface area contributed by atoms with Crippen LogP contribution < -0.4 is 11.1 Å². The van der Waals surface area contributed by atoms with Gasteiger partial charge >= 0.3 is 6.03 Å². The van der Waals surface area contributed by atoms with Gasteiger partial charge in [0, 0.05) is 11.0 Å². The highest BCUT2D eigenvalue weighted by Gasteiger charge is 2.21. The summed E-state index contributed by atoms with van der Waals surface area (Å²) in [5.74, 6) is -0.0145. The van der Waals surface area contributed by atoms with Crippen LogP contribution in [0.4, 0.5) is 4.79 Å². The molecular formula is C17H21BrN4O2S. The Bertz CT molecular complexity index is 759. The van der Waals surface area contributed by atoms with Gasteiger partial charge in [-0.3, -0.25) is 10.1 Å². The second kappa shape index (κ2) is 8.53. The van der Waals surface area contributed by atoms with Gasteiger partial charge < -0.3 is 10.3 Å². The van der Waals surface area contributed by atoms with E-state index in [9.17, 15) is 9.59 Å². The number of aromatic nitrogens is 2. The number of urea groups is 1. The number of carbonyl (C=O) groups excluding carboxylic acids is 2. The zero-order valence-electron chi connectivity index (χ0n) is 14.3. The van der Waals surface area contributed by atoms with Gasteiger partial charge in [0.05, 0.1) is 17.1 Å². The second-order valence-corrected chi connectivity index (χ2v) is 8.27. The van der Waals surface area contributed by atoms with Gasteiger partial charge in [-0.1, -0.05) is 53.7 Å². The first-order chi connectivity index (χ1) is 11.8. The fraction of sp³-hybridized carbons (Fsp3) is 0.353. The Morgan fingerprint density at radius 3 is 2.48 bits per heavy atom. The molecule has 0 saturated heterocycles. The van der Waals surface area contributed by atoms with Crippen molar-refractivity contribution in [2.24, 2.45) is 11.7 Å². The molecule has 134 valence electrons. The van der Waals surface area contributed by atoms with Crippen LogP contribution in [0.1, 0.15) is 20.8 Å². The van der Waals surface area contributed by atoms with Crippen LogP contribution in [-0.2, 0) is 11.3 Å². The normalized spacial score (nSPS) is 12.2. The molecule has 0 bridgehead atoms. The van der Waals surface area contributed by atoms with E-state index in [2.05, 4.69) is 44.6 Å². The number of imide groups is 1. The van der Waals surface area contributed by atoms with Crippen molar-refractivity contribution in [2.75, 3.05) is 0 Å². The van der Waals surface area contributed by atoms with Crippen molar-refractivity contribution >= 4 is 39.6 Å². The number of amides is 3. The molecule has 0 radical (unpaired) electrons. The van der Waals surface area contributed by atoms with Crippen LogP contribution in [0.25, 0.3) is 11.3 Å². The molecule has 0 aliphatic carbocycles. The number of carbonyl (C=O) groups is 2. The summed E-state index contributed by atoms with van der Waals surface area (Å²) in [4.78, 5) is 27.3. The number of halogens is 1. The maximum Gasteiger partial charge on any atom is 0.318 e. The van der Waals surface area contributed by atoms with Crippen LogP contribution in [-0.4, -0.2) is 26.7 Å². The van der Waals surface area contributed by atoms with Gasteiger partial charge in [0.1, 0.15) is 0 Å². The van der Waals surface area contributed by atoms with E-state index in [0.717, 1.165) is 27.4 Å². The Labute approximate surface area is 159 Å². The molecule has 25 heavy (non-hydrogen) atoms. The maximum atomic E-state index is 11.9. The van der Waals surface area contributed by atoms with E-state index in [0.29, 0.717) is 5.92 Å². The molecule has 0 spiro atoms. The average Bonchev–Trinajstić information content (AvgIpc) is 2.89. The van der Waals surface area contributed by atoms with E-state index in [4.69, 9.17) is 5.73 Å². The van der Waals surface area contributed by atoms with Crippen molar-refractivity contribution in [2.45, 2.75) is 37.7 Å². The molecule has 1 heterocycles. The van der Waals surface area contributed by atoms with Gasteiger partial charge in [-0.2, -0.15) is 0 Å². The summed E-state index contributed by atoms with van der Waals surface area (Å²) in [7, 11) is 0. The lowest BCUT2D eigenvalue weighted by Gasteiger charge is -2.16. The minimum absolute atomic E-state index is 0.414. The first-order valence-corrected chi connectivity index (χ1v) is 9.53. The van der Waals surface area contributed by atoms with Crippen LogP contribution in [0, 0.1) is 5.92 Å². The van der Waals surface area contributed by atoms with Gasteiger partial charge in [-0.05, 0) is 30.5 Å². The van der Waals surface area contributed by atoms with Crippen LogP contribution in [0.3, 0.4) is 0 Å². The Morgan fingerprint density at radius 1 is 1.28 bits per heavy atom.